The van der Waals surface area contributed by atoms with E-state index in [1.54, 1.807) is 37.4 Å². The third-order valence-corrected chi connectivity index (χ3v) is 5.10. The highest BCUT2D eigenvalue weighted by Crippen LogP contribution is 2.57. The van der Waals surface area contributed by atoms with Crippen molar-refractivity contribution in [2.75, 3.05) is 0 Å². The highest BCUT2D eigenvalue weighted by atomic mass is 32.1. The minimum absolute atomic E-state index is 0.000417. The van der Waals surface area contributed by atoms with Crippen molar-refractivity contribution in [2.45, 2.75) is 46.6 Å². The largest absolute Gasteiger partial charge is 0.508 e. The van der Waals surface area contributed by atoms with E-state index < -0.39 is 11.6 Å². The van der Waals surface area contributed by atoms with E-state index in [1.807, 2.05) is 33.8 Å². The van der Waals surface area contributed by atoms with Gasteiger partial charge in [-0.1, -0.05) is 58.6 Å². The first-order chi connectivity index (χ1) is 16.3. The fourth-order valence-electron chi connectivity index (χ4n) is 3.73. The normalized spacial score (nSPS) is 21.3. The lowest BCUT2D eigenvalue weighted by molar-refractivity contribution is -0.143. The summed E-state index contributed by atoms with van der Waals surface area (Å²) in [7, 11) is 0. The van der Waals surface area contributed by atoms with E-state index in [-0.39, 0.29) is 17.1 Å². The molecule has 1 fully saturated rings. The van der Waals surface area contributed by atoms with Crippen LogP contribution < -0.4 is 10.1 Å². The van der Waals surface area contributed by atoms with E-state index in [9.17, 15) is 15.0 Å². The summed E-state index contributed by atoms with van der Waals surface area (Å²) in [6.45, 7) is 13.7. The maximum Gasteiger partial charge on any atom is 0.339 e. The molecule has 3 N–H and O–H groups in total. The number of rotatable bonds is 2. The van der Waals surface area contributed by atoms with E-state index in [1.165, 1.54) is 18.2 Å². The quantitative estimate of drug-likeness (QED) is 0.264. The predicted molar refractivity (Wildman–Crippen MR) is 138 cm³/mol. The van der Waals surface area contributed by atoms with Gasteiger partial charge in [0, 0.05) is 35.1 Å². The second-order valence-corrected chi connectivity index (χ2v) is 7.58. The lowest BCUT2D eigenvalue weighted by atomic mass is 9.75. The van der Waals surface area contributed by atoms with Crippen LogP contribution in [0.25, 0.3) is 0 Å². The van der Waals surface area contributed by atoms with E-state index in [2.05, 4.69) is 11.9 Å². The molecule has 1 atom stereocenters. The van der Waals surface area contributed by atoms with Crippen LogP contribution in [0.4, 0.5) is 0 Å². The first-order valence-electron chi connectivity index (χ1n) is 11.2. The summed E-state index contributed by atoms with van der Waals surface area (Å²) in [6.07, 6.45) is 10.4. The van der Waals surface area contributed by atoms with E-state index in [0.29, 0.717) is 39.6 Å². The van der Waals surface area contributed by atoms with Crippen LogP contribution in [0.1, 0.15) is 46.6 Å². The summed E-state index contributed by atoms with van der Waals surface area (Å²) >= 11 is 5.01. The number of nitrogens with one attached hydrogen (secondary N) is 1. The van der Waals surface area contributed by atoms with Crippen LogP contribution in [0.15, 0.2) is 89.6 Å². The van der Waals surface area contributed by atoms with Crippen molar-refractivity contribution < 1.29 is 24.5 Å². The van der Waals surface area contributed by atoms with Crippen LogP contribution in [0.2, 0.25) is 0 Å². The van der Waals surface area contributed by atoms with Crippen molar-refractivity contribution in [1.82, 2.24) is 5.32 Å². The average molecular weight is 482 g/mol. The molecule has 0 bridgehead atoms. The fraction of sp³-hybridized carbons (Fsp3) is 0.259. The Morgan fingerprint density at radius 3 is 2.59 bits per heavy atom. The third kappa shape index (κ3) is 4.99. The number of fused-ring (bicyclic) bond motifs is 4. The Hall–Kier alpha value is -3.58. The number of aromatic hydroxyl groups is 1. The van der Waals surface area contributed by atoms with Gasteiger partial charge in [-0.3, -0.25) is 0 Å². The molecule has 0 amide bonds. The van der Waals surface area contributed by atoms with Crippen molar-refractivity contribution in [1.29, 1.82) is 0 Å². The van der Waals surface area contributed by atoms with Crippen LogP contribution in [0.5, 0.6) is 11.5 Å². The molecule has 4 rings (SSSR count). The second kappa shape index (κ2) is 11.5. The zero-order valence-corrected chi connectivity index (χ0v) is 21.0. The fourth-order valence-corrected chi connectivity index (χ4v) is 3.79. The number of phenolic OH excluding ortho intramolecular Hbond substituents is 1. The summed E-state index contributed by atoms with van der Waals surface area (Å²) in [4.78, 5) is 13.3. The van der Waals surface area contributed by atoms with Gasteiger partial charge < -0.3 is 25.0 Å². The molecule has 180 valence electrons. The molecule has 1 saturated heterocycles. The Morgan fingerprint density at radius 1 is 1.21 bits per heavy atom. The zero-order chi connectivity index (χ0) is 25.5. The maximum atomic E-state index is 12.7. The van der Waals surface area contributed by atoms with Crippen LogP contribution in [0.3, 0.4) is 0 Å². The van der Waals surface area contributed by atoms with Gasteiger partial charge in [0.15, 0.2) is 5.60 Å². The smallest absolute Gasteiger partial charge is 0.339 e. The van der Waals surface area contributed by atoms with Crippen molar-refractivity contribution in [3.8, 4) is 11.5 Å². The molecule has 1 spiro atoms. The van der Waals surface area contributed by atoms with Crippen LogP contribution in [-0.4, -0.2) is 21.2 Å². The van der Waals surface area contributed by atoms with Gasteiger partial charge in [-0.25, -0.2) is 4.79 Å². The molecule has 2 aliphatic heterocycles. The molecule has 1 aliphatic carbocycles. The number of carbonyl (C=O) groups is 1. The van der Waals surface area contributed by atoms with Crippen LogP contribution in [0, 0.1) is 0 Å². The molecule has 2 heterocycles. The molecule has 34 heavy (non-hydrogen) atoms. The Kier molecular flexibility index (Phi) is 9.04. The summed E-state index contributed by atoms with van der Waals surface area (Å²) in [6, 6.07) is 4.61. The van der Waals surface area contributed by atoms with Gasteiger partial charge >= 0.3 is 5.97 Å². The summed E-state index contributed by atoms with van der Waals surface area (Å²) in [5.41, 5.74) is 0.543. The number of ether oxygens (including phenoxy) is 2. The lowest BCUT2D eigenvalue weighted by Gasteiger charge is -2.38. The van der Waals surface area contributed by atoms with Gasteiger partial charge in [-0.05, 0) is 37.6 Å². The van der Waals surface area contributed by atoms with Crippen molar-refractivity contribution in [2.24, 2.45) is 0 Å². The Labute approximate surface area is 206 Å². The Balaban J connectivity index is 0.000000970. The molecule has 0 aromatic heterocycles. The highest BCUT2D eigenvalue weighted by Gasteiger charge is 2.56. The predicted octanol–water partition coefficient (Wildman–Crippen LogP) is 6.18. The van der Waals surface area contributed by atoms with E-state index in [0.717, 1.165) is 0 Å². The van der Waals surface area contributed by atoms with Gasteiger partial charge in [-0.2, -0.15) is 0 Å². The number of hydrogen-bond acceptors (Lipinski definition) is 6. The number of thiocarbonyl (C=S) groups is 1. The highest BCUT2D eigenvalue weighted by molar-refractivity contribution is 7.80. The SMILES string of the molecule is C=C1C(=O)OC2(C3=CCC=C(O)C=C3Oc3cc(O)ccc32)/C1=C/C=C/NC(C)=S.CC.CC. The van der Waals surface area contributed by atoms with Gasteiger partial charge in [0.2, 0.25) is 0 Å². The molecule has 1 unspecified atom stereocenters. The zero-order valence-electron chi connectivity index (χ0n) is 20.1. The summed E-state index contributed by atoms with van der Waals surface area (Å²) in [5, 5.41) is 23.0. The number of benzene rings is 1. The Bertz CT molecular complexity index is 1140. The van der Waals surface area contributed by atoms with E-state index in [4.69, 9.17) is 21.7 Å². The van der Waals surface area contributed by atoms with Crippen LogP contribution >= 0.6 is 12.2 Å². The molecular formula is C27H31NO5S. The van der Waals surface area contributed by atoms with Gasteiger partial charge in [-0.15, -0.1) is 0 Å². The van der Waals surface area contributed by atoms with Crippen molar-refractivity contribution >= 4 is 23.2 Å². The molecule has 1 aromatic carbocycles. The molecular weight excluding hydrogens is 450 g/mol. The number of aliphatic hydroxyl groups is 1. The molecule has 0 radical (unpaired) electrons. The number of esters is 1. The number of aliphatic hydroxyl groups excluding tert-OH is 1. The summed E-state index contributed by atoms with van der Waals surface area (Å²) < 4.78 is 11.9. The number of carbonyl (C=O) groups excluding carboxylic acids is 1. The number of allylic oxidation sites excluding steroid dienone is 5. The van der Waals surface area contributed by atoms with Gasteiger partial charge in [0.05, 0.1) is 10.6 Å². The lowest BCUT2D eigenvalue weighted by Crippen LogP contribution is -2.36. The first-order valence-corrected chi connectivity index (χ1v) is 11.6. The van der Waals surface area contributed by atoms with Gasteiger partial charge in [0.25, 0.3) is 0 Å². The maximum absolute atomic E-state index is 12.7. The Morgan fingerprint density at radius 2 is 1.91 bits per heavy atom. The molecule has 7 heteroatoms. The third-order valence-electron chi connectivity index (χ3n) is 4.98. The minimum atomic E-state index is -1.32. The first kappa shape index (κ1) is 26.7. The number of phenols is 1. The molecule has 1 aromatic rings. The molecule has 3 aliphatic rings. The van der Waals surface area contributed by atoms with Gasteiger partial charge in [0.1, 0.15) is 23.0 Å². The van der Waals surface area contributed by atoms with Crippen molar-refractivity contribution in [3.05, 3.63) is 95.2 Å². The summed E-state index contributed by atoms with van der Waals surface area (Å²) in [5.74, 6) is 0.114. The molecule has 0 saturated carbocycles. The topological polar surface area (TPSA) is 88.0 Å². The van der Waals surface area contributed by atoms with Crippen molar-refractivity contribution in [3.63, 3.8) is 0 Å². The van der Waals surface area contributed by atoms with E-state index >= 15 is 0 Å². The molecule has 6 nitrogen and oxygen atoms in total. The second-order valence-electron chi connectivity index (χ2n) is 6.96. The number of hydrogen-bond donors (Lipinski definition) is 3. The standard InChI is InChI=1S/C23H19NO5S.2C2H6/c1-13-17(7-4-10-24-14(2)30)23(29-22(13)27)18-6-3-5-15(25)11-20(18)28-21-12-16(26)8-9-19(21)23;2*1-2/h4-12,25-26H,1,3H2,2H3,(H,24,30);2*1-2H3/b10-4+,17-7+;;. The monoisotopic (exact) mass is 481 g/mol. The minimum Gasteiger partial charge on any atom is -0.508 e. The van der Waals surface area contributed by atoms with Crippen LogP contribution in [-0.2, 0) is 15.1 Å². The average Bonchev–Trinajstić information content (AvgIpc) is 2.93.